The molecular weight excluding hydrogens is 340 g/mol. The van der Waals surface area contributed by atoms with Gasteiger partial charge in [0.2, 0.25) is 0 Å². The molecule has 0 unspecified atom stereocenters. The summed E-state index contributed by atoms with van der Waals surface area (Å²) in [6.07, 6.45) is 2.15. The molecule has 3 rings (SSSR count). The van der Waals surface area contributed by atoms with Crippen LogP contribution in [0.3, 0.4) is 0 Å². The van der Waals surface area contributed by atoms with Crippen molar-refractivity contribution in [1.82, 2.24) is 14.9 Å². The molecule has 144 valence electrons. The number of para-hydroxylation sites is 2. The quantitative estimate of drug-likeness (QED) is 0.857. The van der Waals surface area contributed by atoms with Crippen molar-refractivity contribution in [2.75, 3.05) is 18.4 Å². The summed E-state index contributed by atoms with van der Waals surface area (Å²) in [5, 5.41) is 3.28. The third-order valence-electron chi connectivity index (χ3n) is 4.64. The zero-order valence-electron chi connectivity index (χ0n) is 16.5. The van der Waals surface area contributed by atoms with Gasteiger partial charge in [-0.3, -0.25) is 4.79 Å². The van der Waals surface area contributed by atoms with Crippen LogP contribution < -0.4 is 10.1 Å². The third kappa shape index (κ3) is 4.96. The molecule has 1 saturated heterocycles. The Balaban J connectivity index is 1.81. The molecule has 1 N–H and O–H groups in total. The first kappa shape index (κ1) is 19.1. The van der Waals surface area contributed by atoms with Gasteiger partial charge in [-0.15, -0.1) is 0 Å². The van der Waals surface area contributed by atoms with Gasteiger partial charge in [-0.1, -0.05) is 19.1 Å². The van der Waals surface area contributed by atoms with Gasteiger partial charge in [0.1, 0.15) is 23.1 Å². The fourth-order valence-electron chi connectivity index (χ4n) is 3.18. The number of benzene rings is 1. The summed E-state index contributed by atoms with van der Waals surface area (Å²) in [7, 11) is 0. The lowest BCUT2D eigenvalue weighted by Gasteiger charge is -2.30. The van der Waals surface area contributed by atoms with E-state index in [4.69, 9.17) is 4.74 Å². The Bertz CT molecular complexity index is 799. The number of hydrogen-bond donors (Lipinski definition) is 1. The van der Waals surface area contributed by atoms with Gasteiger partial charge >= 0.3 is 0 Å². The first-order chi connectivity index (χ1) is 12.9. The third-order valence-corrected chi connectivity index (χ3v) is 4.64. The van der Waals surface area contributed by atoms with Crippen molar-refractivity contribution in [2.45, 2.75) is 46.6 Å². The van der Waals surface area contributed by atoms with Gasteiger partial charge in [0.05, 0.1) is 11.8 Å². The van der Waals surface area contributed by atoms with Crippen LogP contribution in [-0.4, -0.2) is 40.0 Å². The summed E-state index contributed by atoms with van der Waals surface area (Å²) in [6.45, 7) is 9.59. The lowest BCUT2D eigenvalue weighted by Crippen LogP contribution is -2.38. The van der Waals surface area contributed by atoms with Gasteiger partial charge < -0.3 is 15.0 Å². The average Bonchev–Trinajstić information content (AvgIpc) is 2.62. The van der Waals surface area contributed by atoms with E-state index in [9.17, 15) is 4.79 Å². The fourth-order valence-corrected chi connectivity index (χ4v) is 3.18. The molecule has 0 saturated carbocycles. The van der Waals surface area contributed by atoms with Gasteiger partial charge in [0.15, 0.2) is 0 Å². The standard InChI is InChI=1S/C21H28N4O2/c1-14(2)27-19-8-6-5-7-17(19)24-20-13-18(22-16(4)23-20)21(26)25-11-9-15(3)10-12-25/h5-8,13-15H,9-12H2,1-4H3,(H,22,23,24). The second-order valence-electron chi connectivity index (χ2n) is 7.45. The van der Waals surface area contributed by atoms with Crippen LogP contribution in [-0.2, 0) is 0 Å². The Labute approximate surface area is 161 Å². The minimum Gasteiger partial charge on any atom is -0.489 e. The maximum absolute atomic E-state index is 12.9. The topological polar surface area (TPSA) is 67.4 Å². The zero-order valence-corrected chi connectivity index (χ0v) is 16.5. The van der Waals surface area contributed by atoms with Gasteiger partial charge in [0.25, 0.3) is 5.91 Å². The summed E-state index contributed by atoms with van der Waals surface area (Å²) >= 11 is 0. The van der Waals surface area contributed by atoms with E-state index in [1.807, 2.05) is 43.0 Å². The molecule has 1 aliphatic heterocycles. The number of likely N-dealkylation sites (tertiary alicyclic amines) is 1. The van der Waals surface area contributed by atoms with E-state index in [2.05, 4.69) is 22.2 Å². The molecule has 1 aliphatic rings. The van der Waals surface area contributed by atoms with E-state index in [0.29, 0.717) is 23.3 Å². The number of carbonyl (C=O) groups is 1. The number of anilines is 2. The lowest BCUT2D eigenvalue weighted by molar-refractivity contribution is 0.0691. The number of aryl methyl sites for hydroxylation is 1. The number of amides is 1. The predicted octanol–water partition coefficient (Wildman–Crippen LogP) is 4.19. The van der Waals surface area contributed by atoms with Crippen molar-refractivity contribution >= 4 is 17.4 Å². The number of carbonyl (C=O) groups excluding carboxylic acids is 1. The molecule has 6 heteroatoms. The SMILES string of the molecule is Cc1nc(Nc2ccccc2OC(C)C)cc(C(=O)N2CCC(C)CC2)n1. The second kappa shape index (κ2) is 8.37. The zero-order chi connectivity index (χ0) is 19.4. The van der Waals surface area contributed by atoms with Crippen LogP contribution in [0.25, 0.3) is 0 Å². The minimum absolute atomic E-state index is 0.0258. The monoisotopic (exact) mass is 368 g/mol. The predicted molar refractivity (Wildman–Crippen MR) is 107 cm³/mol. The van der Waals surface area contributed by atoms with E-state index in [-0.39, 0.29) is 12.0 Å². The summed E-state index contributed by atoms with van der Waals surface area (Å²) < 4.78 is 5.85. The van der Waals surface area contributed by atoms with Crippen LogP contribution in [0.5, 0.6) is 5.75 Å². The summed E-state index contributed by atoms with van der Waals surface area (Å²) in [5.41, 5.74) is 1.25. The number of rotatable bonds is 5. The summed E-state index contributed by atoms with van der Waals surface area (Å²) in [4.78, 5) is 23.6. The normalized spacial score (nSPS) is 15.1. The Morgan fingerprint density at radius 1 is 1.22 bits per heavy atom. The van der Waals surface area contributed by atoms with E-state index in [0.717, 1.165) is 37.4 Å². The highest BCUT2D eigenvalue weighted by molar-refractivity contribution is 5.93. The number of piperidine rings is 1. The largest absolute Gasteiger partial charge is 0.489 e. The van der Waals surface area contributed by atoms with E-state index >= 15 is 0 Å². The smallest absolute Gasteiger partial charge is 0.272 e. The summed E-state index contributed by atoms with van der Waals surface area (Å²) in [6, 6.07) is 9.44. The van der Waals surface area contributed by atoms with Crippen LogP contribution in [0.2, 0.25) is 0 Å². The van der Waals surface area contributed by atoms with Crippen LogP contribution >= 0.6 is 0 Å². The molecule has 0 radical (unpaired) electrons. The van der Waals surface area contributed by atoms with Crippen molar-refractivity contribution in [3.05, 3.63) is 41.9 Å². The molecular formula is C21H28N4O2. The molecule has 1 fully saturated rings. The van der Waals surface area contributed by atoms with Crippen molar-refractivity contribution in [2.24, 2.45) is 5.92 Å². The highest BCUT2D eigenvalue weighted by Gasteiger charge is 2.23. The second-order valence-corrected chi connectivity index (χ2v) is 7.45. The highest BCUT2D eigenvalue weighted by Crippen LogP contribution is 2.28. The Hall–Kier alpha value is -2.63. The van der Waals surface area contributed by atoms with E-state index in [1.54, 1.807) is 13.0 Å². The molecule has 2 heterocycles. The van der Waals surface area contributed by atoms with Gasteiger partial charge in [-0.25, -0.2) is 9.97 Å². The number of aromatic nitrogens is 2. The Kier molecular flexibility index (Phi) is 5.94. The Morgan fingerprint density at radius 3 is 2.63 bits per heavy atom. The lowest BCUT2D eigenvalue weighted by atomic mass is 9.99. The van der Waals surface area contributed by atoms with Crippen LogP contribution in [0.15, 0.2) is 30.3 Å². The van der Waals surface area contributed by atoms with Crippen molar-refractivity contribution in [3.63, 3.8) is 0 Å². The maximum Gasteiger partial charge on any atom is 0.272 e. The Morgan fingerprint density at radius 2 is 1.93 bits per heavy atom. The van der Waals surface area contributed by atoms with E-state index < -0.39 is 0 Å². The number of nitrogens with zero attached hydrogens (tertiary/aromatic N) is 3. The molecule has 1 aromatic heterocycles. The van der Waals surface area contributed by atoms with Crippen LogP contribution in [0.1, 0.15) is 49.9 Å². The highest BCUT2D eigenvalue weighted by atomic mass is 16.5. The molecule has 2 aromatic rings. The average molecular weight is 368 g/mol. The van der Waals surface area contributed by atoms with Crippen molar-refractivity contribution < 1.29 is 9.53 Å². The number of nitrogens with one attached hydrogen (secondary N) is 1. The minimum atomic E-state index is -0.0258. The number of hydrogen-bond acceptors (Lipinski definition) is 5. The van der Waals surface area contributed by atoms with Crippen molar-refractivity contribution in [3.8, 4) is 5.75 Å². The summed E-state index contributed by atoms with van der Waals surface area (Å²) in [5.74, 6) is 2.56. The van der Waals surface area contributed by atoms with Crippen LogP contribution in [0.4, 0.5) is 11.5 Å². The van der Waals surface area contributed by atoms with E-state index in [1.165, 1.54) is 0 Å². The first-order valence-electron chi connectivity index (χ1n) is 9.60. The number of ether oxygens (including phenoxy) is 1. The molecule has 0 aliphatic carbocycles. The molecule has 27 heavy (non-hydrogen) atoms. The van der Waals surface area contributed by atoms with Crippen molar-refractivity contribution in [1.29, 1.82) is 0 Å². The molecule has 0 spiro atoms. The molecule has 0 bridgehead atoms. The molecule has 0 atom stereocenters. The van der Waals surface area contributed by atoms with Crippen LogP contribution in [0, 0.1) is 12.8 Å². The maximum atomic E-state index is 12.9. The molecule has 1 aromatic carbocycles. The van der Waals surface area contributed by atoms with Gasteiger partial charge in [-0.05, 0) is 51.7 Å². The van der Waals surface area contributed by atoms with Gasteiger partial charge in [-0.2, -0.15) is 0 Å². The molecule has 1 amide bonds. The first-order valence-corrected chi connectivity index (χ1v) is 9.60. The fraction of sp³-hybridized carbons (Fsp3) is 0.476. The van der Waals surface area contributed by atoms with Gasteiger partial charge in [0, 0.05) is 19.2 Å². The molecule has 6 nitrogen and oxygen atoms in total.